The van der Waals surface area contributed by atoms with E-state index >= 15 is 0 Å². The van der Waals surface area contributed by atoms with E-state index in [1.807, 2.05) is 36.4 Å². The van der Waals surface area contributed by atoms with Crippen LogP contribution >= 0.6 is 0 Å². The summed E-state index contributed by atoms with van der Waals surface area (Å²) in [6, 6.07) is 14.5. The lowest BCUT2D eigenvalue weighted by Gasteiger charge is -2.26. The summed E-state index contributed by atoms with van der Waals surface area (Å²) in [5, 5.41) is 13.0. The number of benzene rings is 2. The lowest BCUT2D eigenvalue weighted by atomic mass is 10.1. The molecule has 1 atom stereocenters. The molecule has 0 aliphatic carbocycles. The predicted octanol–water partition coefficient (Wildman–Crippen LogP) is 3.29. The molecule has 2 aromatic carbocycles. The third-order valence-corrected chi connectivity index (χ3v) is 4.71. The zero-order valence-corrected chi connectivity index (χ0v) is 15.6. The van der Waals surface area contributed by atoms with E-state index in [0.717, 1.165) is 30.8 Å². The molecule has 6 heteroatoms. The normalized spacial score (nSPS) is 16.1. The summed E-state index contributed by atoms with van der Waals surface area (Å²) >= 11 is 0. The predicted molar refractivity (Wildman–Crippen MR) is 103 cm³/mol. The summed E-state index contributed by atoms with van der Waals surface area (Å²) in [5.74, 6) is 0.927. The third kappa shape index (κ3) is 5.14. The molecule has 6 nitrogen and oxygen atoms in total. The standard InChI is InChI=1S/C21H26N2O4/c1-26-20-11-5-3-7-16(20)13-22-21(25)23(15-18-9-6-12-27-18)14-17-8-2-4-10-19(17)24/h2-5,7-8,10-11,18,24H,6,9,12-15H2,1H3,(H,22,25). The molecule has 0 radical (unpaired) electrons. The highest BCUT2D eigenvalue weighted by atomic mass is 16.5. The van der Waals surface area contributed by atoms with Gasteiger partial charge in [0.25, 0.3) is 0 Å². The average Bonchev–Trinajstić information content (AvgIpc) is 3.20. The summed E-state index contributed by atoms with van der Waals surface area (Å²) in [6.07, 6.45) is 1.99. The molecule has 2 N–H and O–H groups in total. The van der Waals surface area contributed by atoms with Crippen molar-refractivity contribution in [3.05, 3.63) is 59.7 Å². The number of phenols is 1. The fourth-order valence-electron chi connectivity index (χ4n) is 3.24. The summed E-state index contributed by atoms with van der Waals surface area (Å²) < 4.78 is 11.0. The molecule has 1 aliphatic rings. The molecule has 0 spiro atoms. The number of hydrogen-bond acceptors (Lipinski definition) is 4. The van der Waals surface area contributed by atoms with Gasteiger partial charge in [-0.25, -0.2) is 4.79 Å². The van der Waals surface area contributed by atoms with Crippen LogP contribution in [-0.2, 0) is 17.8 Å². The molecule has 3 rings (SSSR count). The number of carbonyl (C=O) groups excluding carboxylic acids is 1. The van der Waals surface area contributed by atoms with Crippen LogP contribution in [0.2, 0.25) is 0 Å². The molecule has 0 saturated carbocycles. The van der Waals surface area contributed by atoms with Crippen molar-refractivity contribution in [3.8, 4) is 11.5 Å². The first-order chi connectivity index (χ1) is 13.2. The third-order valence-electron chi connectivity index (χ3n) is 4.71. The summed E-state index contributed by atoms with van der Waals surface area (Å²) in [6.45, 7) is 1.92. The first-order valence-corrected chi connectivity index (χ1v) is 9.20. The molecule has 1 fully saturated rings. The minimum atomic E-state index is -0.195. The monoisotopic (exact) mass is 370 g/mol. The Bertz CT molecular complexity index is 759. The van der Waals surface area contributed by atoms with Crippen LogP contribution in [0.4, 0.5) is 4.79 Å². The maximum Gasteiger partial charge on any atom is 0.318 e. The van der Waals surface area contributed by atoms with Crippen LogP contribution in [0.25, 0.3) is 0 Å². The number of ether oxygens (including phenoxy) is 2. The van der Waals surface area contributed by atoms with Gasteiger partial charge in [0.2, 0.25) is 0 Å². The van der Waals surface area contributed by atoms with E-state index in [-0.39, 0.29) is 17.9 Å². The van der Waals surface area contributed by atoms with Crippen LogP contribution in [-0.4, -0.2) is 42.4 Å². The smallest absolute Gasteiger partial charge is 0.318 e. The second-order valence-electron chi connectivity index (χ2n) is 6.61. The van der Waals surface area contributed by atoms with Crippen LogP contribution in [0.3, 0.4) is 0 Å². The fraction of sp³-hybridized carbons (Fsp3) is 0.381. The van der Waals surface area contributed by atoms with E-state index in [9.17, 15) is 9.90 Å². The van der Waals surface area contributed by atoms with Gasteiger partial charge in [0, 0.05) is 30.8 Å². The SMILES string of the molecule is COc1ccccc1CNC(=O)N(Cc1ccccc1O)CC1CCCO1. The number of urea groups is 1. The number of para-hydroxylation sites is 2. The molecule has 1 unspecified atom stereocenters. The minimum Gasteiger partial charge on any atom is -0.508 e. The fourth-order valence-corrected chi connectivity index (χ4v) is 3.24. The molecule has 144 valence electrons. The summed E-state index contributed by atoms with van der Waals surface area (Å²) in [7, 11) is 1.61. The summed E-state index contributed by atoms with van der Waals surface area (Å²) in [4.78, 5) is 14.6. The van der Waals surface area contributed by atoms with Crippen LogP contribution in [0.15, 0.2) is 48.5 Å². The Hall–Kier alpha value is -2.73. The number of rotatable bonds is 7. The zero-order valence-electron chi connectivity index (χ0n) is 15.6. The number of hydrogen-bond donors (Lipinski definition) is 2. The topological polar surface area (TPSA) is 71.0 Å². The molecule has 2 aromatic rings. The molecular formula is C21H26N2O4. The molecule has 1 aliphatic heterocycles. The first-order valence-electron chi connectivity index (χ1n) is 9.20. The lowest BCUT2D eigenvalue weighted by Crippen LogP contribution is -2.43. The van der Waals surface area contributed by atoms with Crippen LogP contribution in [0, 0.1) is 0 Å². The Morgan fingerprint density at radius 3 is 2.67 bits per heavy atom. The Kier molecular flexibility index (Phi) is 6.54. The Balaban J connectivity index is 1.68. The lowest BCUT2D eigenvalue weighted by molar-refractivity contribution is 0.0792. The van der Waals surface area contributed by atoms with E-state index < -0.39 is 0 Å². The first kappa shape index (κ1) is 19.0. The highest BCUT2D eigenvalue weighted by Gasteiger charge is 2.23. The number of nitrogens with one attached hydrogen (secondary N) is 1. The van der Waals surface area contributed by atoms with E-state index in [1.54, 1.807) is 24.1 Å². The molecule has 2 amide bonds. The van der Waals surface area contributed by atoms with Crippen molar-refractivity contribution in [1.29, 1.82) is 0 Å². The van der Waals surface area contributed by atoms with Crippen molar-refractivity contribution < 1.29 is 19.4 Å². The Labute approximate surface area is 159 Å². The highest BCUT2D eigenvalue weighted by Crippen LogP contribution is 2.21. The molecular weight excluding hydrogens is 344 g/mol. The van der Waals surface area contributed by atoms with E-state index in [2.05, 4.69) is 5.32 Å². The van der Waals surface area contributed by atoms with Crippen LogP contribution in [0.5, 0.6) is 11.5 Å². The van der Waals surface area contributed by atoms with Gasteiger partial charge in [-0.2, -0.15) is 0 Å². The van der Waals surface area contributed by atoms with Gasteiger partial charge in [0.05, 0.1) is 19.8 Å². The number of methoxy groups -OCH3 is 1. The average molecular weight is 370 g/mol. The van der Waals surface area contributed by atoms with Gasteiger partial charge in [-0.15, -0.1) is 0 Å². The van der Waals surface area contributed by atoms with Crippen LogP contribution < -0.4 is 10.1 Å². The van der Waals surface area contributed by atoms with Crippen LogP contribution in [0.1, 0.15) is 24.0 Å². The van der Waals surface area contributed by atoms with Gasteiger partial charge >= 0.3 is 6.03 Å². The van der Waals surface area contributed by atoms with Gasteiger partial charge in [0.15, 0.2) is 0 Å². The van der Waals surface area contributed by atoms with Crippen molar-refractivity contribution in [2.75, 3.05) is 20.3 Å². The maximum atomic E-state index is 12.9. The van der Waals surface area contributed by atoms with Crippen molar-refractivity contribution in [2.45, 2.75) is 32.0 Å². The quantitative estimate of drug-likeness (QED) is 0.785. The van der Waals surface area contributed by atoms with Crippen molar-refractivity contribution >= 4 is 6.03 Å². The second kappa shape index (κ2) is 9.28. The Morgan fingerprint density at radius 1 is 1.22 bits per heavy atom. The minimum absolute atomic E-state index is 0.0351. The number of amides is 2. The number of nitrogens with zero attached hydrogens (tertiary/aromatic N) is 1. The van der Waals surface area contributed by atoms with Gasteiger partial charge in [-0.3, -0.25) is 0 Å². The molecule has 0 aromatic heterocycles. The second-order valence-corrected chi connectivity index (χ2v) is 6.61. The van der Waals surface area contributed by atoms with E-state index in [1.165, 1.54) is 0 Å². The number of phenolic OH excluding ortho intramolecular Hbond substituents is 1. The maximum absolute atomic E-state index is 12.9. The number of carbonyl (C=O) groups is 1. The molecule has 1 heterocycles. The molecule has 0 bridgehead atoms. The van der Waals surface area contributed by atoms with Gasteiger partial charge in [0.1, 0.15) is 11.5 Å². The van der Waals surface area contributed by atoms with E-state index in [0.29, 0.717) is 25.2 Å². The van der Waals surface area contributed by atoms with Crippen molar-refractivity contribution in [3.63, 3.8) is 0 Å². The molecule has 27 heavy (non-hydrogen) atoms. The van der Waals surface area contributed by atoms with Gasteiger partial charge in [-0.1, -0.05) is 36.4 Å². The summed E-state index contributed by atoms with van der Waals surface area (Å²) in [5.41, 5.74) is 1.62. The van der Waals surface area contributed by atoms with Crippen molar-refractivity contribution in [1.82, 2.24) is 10.2 Å². The molecule has 1 saturated heterocycles. The van der Waals surface area contributed by atoms with Gasteiger partial charge < -0.3 is 24.8 Å². The van der Waals surface area contributed by atoms with Crippen molar-refractivity contribution in [2.24, 2.45) is 0 Å². The Morgan fingerprint density at radius 2 is 1.96 bits per heavy atom. The van der Waals surface area contributed by atoms with E-state index in [4.69, 9.17) is 9.47 Å². The largest absolute Gasteiger partial charge is 0.508 e. The van der Waals surface area contributed by atoms with Gasteiger partial charge in [-0.05, 0) is 25.0 Å². The number of aromatic hydroxyl groups is 1. The zero-order chi connectivity index (χ0) is 19.1. The highest BCUT2D eigenvalue weighted by molar-refractivity contribution is 5.74.